The Bertz CT molecular complexity index is 260. The van der Waals surface area contributed by atoms with E-state index in [1.165, 1.54) is 0 Å². The summed E-state index contributed by atoms with van der Waals surface area (Å²) in [5.41, 5.74) is 6.02. The van der Waals surface area contributed by atoms with Crippen molar-refractivity contribution in [3.05, 3.63) is 0 Å². The Labute approximate surface area is 111 Å². The van der Waals surface area contributed by atoms with Gasteiger partial charge in [-0.3, -0.25) is 4.79 Å². The number of likely N-dealkylation sites (tertiary alicyclic amines) is 1. The van der Waals surface area contributed by atoms with E-state index in [-0.39, 0.29) is 12.0 Å². The third-order valence-electron chi connectivity index (χ3n) is 4.10. The molecule has 1 aliphatic heterocycles. The Morgan fingerprint density at radius 1 is 1.39 bits per heavy atom. The second-order valence-corrected chi connectivity index (χ2v) is 6.03. The molecule has 4 nitrogen and oxygen atoms in total. The van der Waals surface area contributed by atoms with Crippen molar-refractivity contribution in [2.24, 2.45) is 17.6 Å². The lowest BCUT2D eigenvalue weighted by Crippen LogP contribution is -2.41. The highest BCUT2D eigenvalue weighted by Crippen LogP contribution is 2.18. The van der Waals surface area contributed by atoms with Gasteiger partial charge in [-0.25, -0.2) is 0 Å². The maximum Gasteiger partial charge on any atom is 0.225 e. The number of carbonyl (C=O) groups is 1. The van der Waals surface area contributed by atoms with Crippen molar-refractivity contribution in [1.82, 2.24) is 9.80 Å². The summed E-state index contributed by atoms with van der Waals surface area (Å²) in [7, 11) is 4.03. The minimum atomic E-state index is 0.192. The number of hydrogen-bond acceptors (Lipinski definition) is 3. The zero-order valence-corrected chi connectivity index (χ0v) is 12.4. The van der Waals surface area contributed by atoms with Gasteiger partial charge >= 0.3 is 0 Å². The van der Waals surface area contributed by atoms with Crippen LogP contribution >= 0.6 is 0 Å². The summed E-state index contributed by atoms with van der Waals surface area (Å²) >= 11 is 0. The van der Waals surface area contributed by atoms with Gasteiger partial charge in [0.25, 0.3) is 0 Å². The Morgan fingerprint density at radius 2 is 1.94 bits per heavy atom. The van der Waals surface area contributed by atoms with E-state index in [1.807, 2.05) is 11.9 Å². The molecule has 0 bridgehead atoms. The van der Waals surface area contributed by atoms with Crippen molar-refractivity contribution in [1.29, 1.82) is 0 Å². The van der Waals surface area contributed by atoms with Crippen LogP contribution in [0.15, 0.2) is 0 Å². The van der Waals surface area contributed by atoms with Crippen LogP contribution in [-0.2, 0) is 4.79 Å². The van der Waals surface area contributed by atoms with Gasteiger partial charge in [0.1, 0.15) is 0 Å². The molecule has 0 aliphatic carbocycles. The third kappa shape index (κ3) is 4.58. The summed E-state index contributed by atoms with van der Waals surface area (Å²) in [6, 6.07) is 0.192. The second-order valence-electron chi connectivity index (χ2n) is 6.03. The van der Waals surface area contributed by atoms with Crippen molar-refractivity contribution < 1.29 is 4.79 Å². The van der Waals surface area contributed by atoms with Gasteiger partial charge in [-0.1, -0.05) is 13.8 Å². The fourth-order valence-electron chi connectivity index (χ4n) is 2.35. The lowest BCUT2D eigenvalue weighted by molar-refractivity contribution is -0.135. The zero-order valence-electron chi connectivity index (χ0n) is 12.4. The Morgan fingerprint density at radius 3 is 2.44 bits per heavy atom. The van der Waals surface area contributed by atoms with Crippen LogP contribution in [0.1, 0.15) is 33.1 Å². The molecule has 1 heterocycles. The minimum Gasteiger partial charge on any atom is -0.345 e. The number of amides is 1. The largest absolute Gasteiger partial charge is 0.345 e. The number of hydrogen-bond donors (Lipinski definition) is 1. The molecule has 1 amide bonds. The SMILES string of the molecule is CC(C)C(N)CCN(C)C(=O)C1CCN(C)CC1. The first-order chi connectivity index (χ1) is 8.41. The highest BCUT2D eigenvalue weighted by atomic mass is 16.2. The predicted molar refractivity (Wildman–Crippen MR) is 75.3 cm³/mol. The molecule has 0 aromatic heterocycles. The van der Waals surface area contributed by atoms with Crippen LogP contribution in [0.2, 0.25) is 0 Å². The summed E-state index contributed by atoms with van der Waals surface area (Å²) in [6.45, 7) is 7.11. The van der Waals surface area contributed by atoms with E-state index in [0.717, 1.165) is 38.9 Å². The number of rotatable bonds is 5. The molecule has 4 heteroatoms. The van der Waals surface area contributed by atoms with E-state index in [0.29, 0.717) is 11.8 Å². The normalized spacial score (nSPS) is 20.1. The van der Waals surface area contributed by atoms with Gasteiger partial charge < -0.3 is 15.5 Å². The number of nitrogens with zero attached hydrogens (tertiary/aromatic N) is 2. The summed E-state index contributed by atoms with van der Waals surface area (Å²) in [6.07, 6.45) is 2.89. The lowest BCUT2D eigenvalue weighted by Gasteiger charge is -2.31. The third-order valence-corrected chi connectivity index (χ3v) is 4.10. The van der Waals surface area contributed by atoms with Crippen LogP contribution in [0, 0.1) is 11.8 Å². The highest BCUT2D eigenvalue weighted by Gasteiger charge is 2.25. The highest BCUT2D eigenvalue weighted by molar-refractivity contribution is 5.78. The van der Waals surface area contributed by atoms with E-state index < -0.39 is 0 Å². The molecule has 0 aromatic carbocycles. The summed E-state index contributed by atoms with van der Waals surface area (Å²) in [4.78, 5) is 16.4. The average Bonchev–Trinajstić information content (AvgIpc) is 2.35. The number of nitrogens with two attached hydrogens (primary N) is 1. The summed E-state index contributed by atoms with van der Waals surface area (Å²) < 4.78 is 0. The first kappa shape index (κ1) is 15.4. The molecular weight excluding hydrogens is 226 g/mol. The first-order valence-corrected chi connectivity index (χ1v) is 7.11. The van der Waals surface area contributed by atoms with Gasteiger partial charge in [0, 0.05) is 25.6 Å². The van der Waals surface area contributed by atoms with Crippen LogP contribution in [0.4, 0.5) is 0 Å². The van der Waals surface area contributed by atoms with Gasteiger partial charge in [0.15, 0.2) is 0 Å². The molecule has 0 spiro atoms. The van der Waals surface area contributed by atoms with Crippen LogP contribution in [0.3, 0.4) is 0 Å². The fourth-order valence-corrected chi connectivity index (χ4v) is 2.35. The van der Waals surface area contributed by atoms with Crippen LogP contribution in [-0.4, -0.2) is 55.5 Å². The number of piperidine rings is 1. The molecule has 0 saturated carbocycles. The number of carbonyl (C=O) groups excluding carboxylic acids is 1. The molecule has 2 N–H and O–H groups in total. The van der Waals surface area contributed by atoms with Gasteiger partial charge in [0.2, 0.25) is 5.91 Å². The zero-order chi connectivity index (χ0) is 13.7. The second kappa shape index (κ2) is 7.10. The molecule has 1 rings (SSSR count). The Kier molecular flexibility index (Phi) is 6.09. The monoisotopic (exact) mass is 255 g/mol. The van der Waals surface area contributed by atoms with Crippen molar-refractivity contribution in [3.63, 3.8) is 0 Å². The topological polar surface area (TPSA) is 49.6 Å². The molecule has 1 unspecified atom stereocenters. The van der Waals surface area contributed by atoms with Gasteiger partial charge in [-0.15, -0.1) is 0 Å². The van der Waals surface area contributed by atoms with E-state index >= 15 is 0 Å². The Balaban J connectivity index is 2.32. The maximum atomic E-state index is 12.3. The lowest BCUT2D eigenvalue weighted by atomic mass is 9.95. The van der Waals surface area contributed by atoms with Crippen molar-refractivity contribution >= 4 is 5.91 Å². The average molecular weight is 255 g/mol. The minimum absolute atomic E-state index is 0.192. The molecule has 0 aromatic rings. The Hall–Kier alpha value is -0.610. The van der Waals surface area contributed by atoms with E-state index in [1.54, 1.807) is 0 Å². The molecule has 0 radical (unpaired) electrons. The van der Waals surface area contributed by atoms with Crippen molar-refractivity contribution in [2.75, 3.05) is 33.7 Å². The van der Waals surface area contributed by atoms with Crippen LogP contribution < -0.4 is 5.73 Å². The molecule has 1 saturated heterocycles. The molecule has 106 valence electrons. The standard InChI is InChI=1S/C14H29N3O/c1-11(2)13(15)7-10-17(4)14(18)12-5-8-16(3)9-6-12/h11-13H,5-10,15H2,1-4H3. The van der Waals surface area contributed by atoms with Crippen LogP contribution in [0.25, 0.3) is 0 Å². The smallest absolute Gasteiger partial charge is 0.225 e. The summed E-state index contributed by atoms with van der Waals surface area (Å²) in [5.74, 6) is 1.01. The molecular formula is C14H29N3O. The molecule has 1 atom stereocenters. The van der Waals surface area contributed by atoms with E-state index in [4.69, 9.17) is 5.73 Å². The van der Waals surface area contributed by atoms with E-state index in [2.05, 4.69) is 25.8 Å². The van der Waals surface area contributed by atoms with Gasteiger partial charge in [0.05, 0.1) is 0 Å². The quantitative estimate of drug-likeness (QED) is 0.802. The molecule has 18 heavy (non-hydrogen) atoms. The van der Waals surface area contributed by atoms with Crippen molar-refractivity contribution in [2.45, 2.75) is 39.2 Å². The molecule has 1 fully saturated rings. The maximum absolute atomic E-state index is 12.3. The van der Waals surface area contributed by atoms with Gasteiger partial charge in [-0.05, 0) is 45.3 Å². The predicted octanol–water partition coefficient (Wildman–Crippen LogP) is 1.16. The van der Waals surface area contributed by atoms with Crippen molar-refractivity contribution in [3.8, 4) is 0 Å². The molecule has 1 aliphatic rings. The fraction of sp³-hybridized carbons (Fsp3) is 0.929. The van der Waals surface area contributed by atoms with Crippen LogP contribution in [0.5, 0.6) is 0 Å². The van der Waals surface area contributed by atoms with Gasteiger partial charge in [-0.2, -0.15) is 0 Å². The first-order valence-electron chi connectivity index (χ1n) is 7.11. The summed E-state index contributed by atoms with van der Waals surface area (Å²) in [5, 5.41) is 0. The van der Waals surface area contributed by atoms with E-state index in [9.17, 15) is 4.79 Å².